The molecule has 1 aromatic heterocycles. The van der Waals surface area contributed by atoms with Gasteiger partial charge in [0.15, 0.2) is 0 Å². The highest BCUT2D eigenvalue weighted by atomic mass is 16.6. The lowest BCUT2D eigenvalue weighted by atomic mass is 10.1. The molecule has 1 atom stereocenters. The Bertz CT molecular complexity index is 918. The summed E-state index contributed by atoms with van der Waals surface area (Å²) in [6, 6.07) is 11.4. The highest BCUT2D eigenvalue weighted by molar-refractivity contribution is 5.60. The van der Waals surface area contributed by atoms with Crippen molar-refractivity contribution < 1.29 is 15.0 Å². The zero-order chi connectivity index (χ0) is 18.0. The Hall–Kier alpha value is -3.59. The van der Waals surface area contributed by atoms with Crippen LogP contribution >= 0.6 is 0 Å². The number of rotatable bonds is 5. The van der Waals surface area contributed by atoms with Crippen LogP contribution in [0.1, 0.15) is 17.5 Å². The number of hydrogen-bond acceptors (Lipinski definition) is 6. The molecule has 9 nitrogen and oxygen atoms in total. The van der Waals surface area contributed by atoms with Gasteiger partial charge in [-0.2, -0.15) is 0 Å². The largest absolute Gasteiger partial charge is 0.380 e. The summed E-state index contributed by atoms with van der Waals surface area (Å²) in [5, 5.41) is 31.7. The lowest BCUT2D eigenvalue weighted by molar-refractivity contribution is -0.385. The van der Waals surface area contributed by atoms with Crippen LogP contribution in [-0.4, -0.2) is 24.9 Å². The third-order valence-corrected chi connectivity index (χ3v) is 3.66. The number of aromatic amines is 1. The highest BCUT2D eigenvalue weighted by Crippen LogP contribution is 2.25. The molecule has 3 aromatic rings. The molecule has 0 amide bonds. The van der Waals surface area contributed by atoms with Crippen LogP contribution in [0.5, 0.6) is 0 Å². The van der Waals surface area contributed by atoms with Crippen molar-refractivity contribution in [1.82, 2.24) is 9.97 Å². The number of aliphatic hydroxyl groups excluding tert-OH is 1. The van der Waals surface area contributed by atoms with Crippen LogP contribution in [0, 0.1) is 20.2 Å². The maximum Gasteiger partial charge on any atom is 0.269 e. The molecule has 0 radical (unpaired) electrons. The second-order valence-electron chi connectivity index (χ2n) is 5.24. The maximum atomic E-state index is 10.7. The summed E-state index contributed by atoms with van der Waals surface area (Å²) < 4.78 is 0. The van der Waals surface area contributed by atoms with Gasteiger partial charge in [0.2, 0.25) is 0 Å². The van der Waals surface area contributed by atoms with E-state index in [2.05, 4.69) is 9.97 Å². The normalized spacial score (nSPS) is 11.9. The Labute approximate surface area is 140 Å². The number of nitrogens with zero attached hydrogens (tertiary/aromatic N) is 3. The van der Waals surface area contributed by atoms with E-state index in [0.29, 0.717) is 16.8 Å². The summed E-state index contributed by atoms with van der Waals surface area (Å²) in [4.78, 5) is 27.4. The van der Waals surface area contributed by atoms with Gasteiger partial charge < -0.3 is 10.1 Å². The Kier molecular flexibility index (Phi) is 4.23. The summed E-state index contributed by atoms with van der Waals surface area (Å²) in [5.41, 5.74) is 1.64. The molecule has 0 aliphatic rings. The molecule has 0 aliphatic heterocycles. The zero-order valence-corrected chi connectivity index (χ0v) is 12.7. The summed E-state index contributed by atoms with van der Waals surface area (Å²) in [6.07, 6.45) is 0.429. The van der Waals surface area contributed by atoms with E-state index < -0.39 is 16.0 Å². The van der Waals surface area contributed by atoms with Gasteiger partial charge in [0, 0.05) is 29.8 Å². The van der Waals surface area contributed by atoms with Gasteiger partial charge in [-0.3, -0.25) is 20.2 Å². The molecule has 3 rings (SSSR count). The second-order valence-corrected chi connectivity index (χ2v) is 5.24. The Morgan fingerprint density at radius 1 is 0.920 bits per heavy atom. The van der Waals surface area contributed by atoms with Gasteiger partial charge in [-0.15, -0.1) is 0 Å². The molecule has 0 spiro atoms. The van der Waals surface area contributed by atoms with E-state index in [-0.39, 0.29) is 17.2 Å². The third-order valence-electron chi connectivity index (χ3n) is 3.66. The molecule has 0 aliphatic carbocycles. The topological polar surface area (TPSA) is 135 Å². The molecule has 0 saturated carbocycles. The molecule has 2 aromatic carbocycles. The first-order valence-electron chi connectivity index (χ1n) is 7.18. The van der Waals surface area contributed by atoms with Gasteiger partial charge in [-0.25, -0.2) is 4.98 Å². The summed E-state index contributed by atoms with van der Waals surface area (Å²) >= 11 is 0. The first-order valence-corrected chi connectivity index (χ1v) is 7.18. The van der Waals surface area contributed by atoms with E-state index in [4.69, 9.17) is 0 Å². The van der Waals surface area contributed by atoms with E-state index in [0.717, 1.165) is 0 Å². The van der Waals surface area contributed by atoms with Gasteiger partial charge in [0.05, 0.1) is 21.7 Å². The van der Waals surface area contributed by atoms with Crippen molar-refractivity contribution in [2.75, 3.05) is 0 Å². The molecule has 25 heavy (non-hydrogen) atoms. The van der Waals surface area contributed by atoms with Crippen LogP contribution in [0.4, 0.5) is 11.4 Å². The highest BCUT2D eigenvalue weighted by Gasteiger charge is 2.16. The van der Waals surface area contributed by atoms with E-state index in [1.807, 2.05) is 0 Å². The smallest absolute Gasteiger partial charge is 0.269 e. The molecule has 1 unspecified atom stereocenters. The van der Waals surface area contributed by atoms with Crippen LogP contribution < -0.4 is 0 Å². The number of aliphatic hydroxyl groups is 1. The Morgan fingerprint density at radius 3 is 1.96 bits per heavy atom. The van der Waals surface area contributed by atoms with Crippen molar-refractivity contribution in [3.05, 3.63) is 86.3 Å². The van der Waals surface area contributed by atoms with Crippen LogP contribution in [0.3, 0.4) is 0 Å². The van der Waals surface area contributed by atoms with Gasteiger partial charge in [0.1, 0.15) is 11.9 Å². The van der Waals surface area contributed by atoms with E-state index in [9.17, 15) is 25.3 Å². The van der Waals surface area contributed by atoms with Gasteiger partial charge >= 0.3 is 0 Å². The van der Waals surface area contributed by atoms with E-state index in [1.165, 1.54) is 42.6 Å². The Morgan fingerprint density at radius 2 is 1.44 bits per heavy atom. The minimum atomic E-state index is -1.08. The molecule has 126 valence electrons. The number of hydrogen-bond donors (Lipinski definition) is 2. The summed E-state index contributed by atoms with van der Waals surface area (Å²) in [7, 11) is 0. The molecule has 0 saturated heterocycles. The fourth-order valence-corrected chi connectivity index (χ4v) is 2.32. The monoisotopic (exact) mass is 340 g/mol. The van der Waals surface area contributed by atoms with Gasteiger partial charge in [0.25, 0.3) is 11.4 Å². The number of imidazole rings is 1. The molecular weight excluding hydrogens is 328 g/mol. The first kappa shape index (κ1) is 16.3. The second kappa shape index (κ2) is 6.49. The van der Waals surface area contributed by atoms with Crippen molar-refractivity contribution in [1.29, 1.82) is 0 Å². The summed E-state index contributed by atoms with van der Waals surface area (Å²) in [5.74, 6) is 0.266. The van der Waals surface area contributed by atoms with Crippen LogP contribution in [0.15, 0.2) is 54.7 Å². The number of nitro benzene ring substituents is 2. The van der Waals surface area contributed by atoms with Gasteiger partial charge in [-0.05, 0) is 29.8 Å². The average molecular weight is 340 g/mol. The number of non-ortho nitro benzene ring substituents is 2. The molecule has 0 fully saturated rings. The molecule has 1 heterocycles. The number of aromatic nitrogens is 2. The number of H-pyrrole nitrogens is 1. The summed E-state index contributed by atoms with van der Waals surface area (Å²) in [6.45, 7) is 0. The predicted octanol–water partition coefficient (Wildman–Crippen LogP) is 2.97. The van der Waals surface area contributed by atoms with E-state index >= 15 is 0 Å². The van der Waals surface area contributed by atoms with Crippen molar-refractivity contribution >= 4 is 11.4 Å². The van der Waals surface area contributed by atoms with Crippen molar-refractivity contribution in [3.63, 3.8) is 0 Å². The van der Waals surface area contributed by atoms with Crippen molar-refractivity contribution in [3.8, 4) is 11.3 Å². The van der Waals surface area contributed by atoms with Crippen LogP contribution in [-0.2, 0) is 0 Å². The molecule has 9 heteroatoms. The molecule has 2 N–H and O–H groups in total. The average Bonchev–Trinajstić information content (AvgIpc) is 3.11. The number of nitrogens with one attached hydrogen (secondary N) is 1. The van der Waals surface area contributed by atoms with Crippen molar-refractivity contribution in [2.45, 2.75) is 6.10 Å². The minimum absolute atomic E-state index is 0.0191. The zero-order valence-electron chi connectivity index (χ0n) is 12.7. The lowest BCUT2D eigenvalue weighted by Gasteiger charge is -2.07. The fourth-order valence-electron chi connectivity index (χ4n) is 2.32. The number of nitro groups is 2. The minimum Gasteiger partial charge on any atom is -0.380 e. The number of benzene rings is 2. The first-order chi connectivity index (χ1) is 12.0. The van der Waals surface area contributed by atoms with Crippen molar-refractivity contribution in [2.24, 2.45) is 0 Å². The quantitative estimate of drug-likeness (QED) is 0.541. The Balaban J connectivity index is 1.82. The van der Waals surface area contributed by atoms with Gasteiger partial charge in [-0.1, -0.05) is 0 Å². The lowest BCUT2D eigenvalue weighted by Crippen LogP contribution is -2.02. The molecular formula is C16H12N4O5. The maximum absolute atomic E-state index is 10.7. The SMILES string of the molecule is O=[N+]([O-])c1ccc(-c2cnc(C(O)c3ccc([N+](=O)[O-])cc3)[nH]2)cc1. The predicted molar refractivity (Wildman–Crippen MR) is 87.8 cm³/mol. The van der Waals surface area contributed by atoms with E-state index in [1.54, 1.807) is 12.1 Å². The van der Waals surface area contributed by atoms with Crippen LogP contribution in [0.2, 0.25) is 0 Å². The third kappa shape index (κ3) is 3.35. The standard InChI is InChI=1S/C16H12N4O5/c21-15(11-3-7-13(8-4-11)20(24)25)16-17-9-14(18-16)10-1-5-12(6-2-10)19(22)23/h1-9,15,21H,(H,17,18). The molecule has 0 bridgehead atoms. The van der Waals surface area contributed by atoms with Crippen LogP contribution in [0.25, 0.3) is 11.3 Å². The fraction of sp³-hybridized carbons (Fsp3) is 0.0625.